The summed E-state index contributed by atoms with van der Waals surface area (Å²) >= 11 is 0. The molecule has 0 radical (unpaired) electrons. The number of benzene rings is 2. The maximum Gasteiger partial charge on any atom is 0.319 e. The Morgan fingerprint density at radius 2 is 1.88 bits per heavy atom. The predicted octanol–water partition coefficient (Wildman–Crippen LogP) is 2.43. The van der Waals surface area contributed by atoms with E-state index in [-0.39, 0.29) is 6.54 Å². The van der Waals surface area contributed by atoms with Crippen molar-refractivity contribution in [1.82, 2.24) is 5.32 Å². The molecular weight excluding hydrogens is 308 g/mol. The van der Waals surface area contributed by atoms with E-state index in [4.69, 9.17) is 9.47 Å². The normalized spacial score (nSPS) is 11.5. The van der Waals surface area contributed by atoms with Crippen molar-refractivity contribution in [2.24, 2.45) is 0 Å². The number of carbonyl (C=O) groups is 1. The zero-order valence-corrected chi connectivity index (χ0v) is 13.8. The molecule has 0 fully saturated rings. The van der Waals surface area contributed by atoms with Crippen LogP contribution in [-0.4, -0.2) is 38.0 Å². The molecule has 1 unspecified atom stereocenters. The first-order valence-corrected chi connectivity index (χ1v) is 7.61. The van der Waals surface area contributed by atoms with Crippen molar-refractivity contribution in [1.29, 1.82) is 0 Å². The van der Waals surface area contributed by atoms with Gasteiger partial charge in [-0.15, -0.1) is 0 Å². The highest BCUT2D eigenvalue weighted by atomic mass is 16.5. The molecule has 6 heteroatoms. The fourth-order valence-corrected chi connectivity index (χ4v) is 2.24. The van der Waals surface area contributed by atoms with Crippen LogP contribution >= 0.6 is 0 Å². The molecule has 2 aromatic rings. The summed E-state index contributed by atoms with van der Waals surface area (Å²) in [4.78, 5) is 12.0. The van der Waals surface area contributed by atoms with Gasteiger partial charge in [0.25, 0.3) is 0 Å². The first-order valence-electron chi connectivity index (χ1n) is 7.61. The Bertz CT molecular complexity index is 661. The van der Waals surface area contributed by atoms with Crippen molar-refractivity contribution < 1.29 is 19.4 Å². The Morgan fingerprint density at radius 1 is 1.12 bits per heavy atom. The first kappa shape index (κ1) is 17.6. The minimum Gasteiger partial charge on any atom is -0.497 e. The summed E-state index contributed by atoms with van der Waals surface area (Å²) in [6, 6.07) is 14.3. The van der Waals surface area contributed by atoms with E-state index in [1.54, 1.807) is 25.3 Å². The lowest BCUT2D eigenvalue weighted by Crippen LogP contribution is -2.36. The highest BCUT2D eigenvalue weighted by Gasteiger charge is 2.11. The summed E-state index contributed by atoms with van der Waals surface area (Å²) in [5.41, 5.74) is 1.54. The number of nitrogens with one attached hydrogen (secondary N) is 2. The Kier molecular flexibility index (Phi) is 6.45. The molecule has 0 saturated heterocycles. The van der Waals surface area contributed by atoms with Crippen LogP contribution in [-0.2, 0) is 6.42 Å². The number of hydrogen-bond donors (Lipinski definition) is 3. The van der Waals surface area contributed by atoms with Crippen molar-refractivity contribution in [3.8, 4) is 11.5 Å². The SMILES string of the molecule is COc1ccc(NC(=O)NCC(O)Cc2ccccc2)c(OC)c1. The molecule has 2 amide bonds. The summed E-state index contributed by atoms with van der Waals surface area (Å²) in [5.74, 6) is 1.13. The molecule has 1 atom stereocenters. The lowest BCUT2D eigenvalue weighted by atomic mass is 10.1. The van der Waals surface area contributed by atoms with Gasteiger partial charge in [0.05, 0.1) is 26.0 Å². The average Bonchev–Trinajstić information content (AvgIpc) is 2.61. The van der Waals surface area contributed by atoms with Gasteiger partial charge in [-0.3, -0.25) is 0 Å². The van der Waals surface area contributed by atoms with Crippen LogP contribution in [0.1, 0.15) is 5.56 Å². The molecule has 24 heavy (non-hydrogen) atoms. The van der Waals surface area contributed by atoms with Crippen LogP contribution in [0.15, 0.2) is 48.5 Å². The average molecular weight is 330 g/mol. The third-order valence-corrected chi connectivity index (χ3v) is 3.47. The van der Waals surface area contributed by atoms with E-state index in [2.05, 4.69) is 10.6 Å². The van der Waals surface area contributed by atoms with Crippen molar-refractivity contribution in [3.63, 3.8) is 0 Å². The Hall–Kier alpha value is -2.73. The fraction of sp³-hybridized carbons (Fsp3) is 0.278. The van der Waals surface area contributed by atoms with Gasteiger partial charge in [0.2, 0.25) is 0 Å². The van der Waals surface area contributed by atoms with Crippen LogP contribution < -0.4 is 20.1 Å². The molecule has 3 N–H and O–H groups in total. The smallest absolute Gasteiger partial charge is 0.319 e. The summed E-state index contributed by atoms with van der Waals surface area (Å²) in [5, 5.41) is 15.3. The number of rotatable bonds is 7. The quantitative estimate of drug-likeness (QED) is 0.728. The molecule has 0 bridgehead atoms. The van der Waals surface area contributed by atoms with Crippen LogP contribution in [0, 0.1) is 0 Å². The zero-order chi connectivity index (χ0) is 17.4. The highest BCUT2D eigenvalue weighted by Crippen LogP contribution is 2.28. The molecule has 0 spiro atoms. The van der Waals surface area contributed by atoms with Gasteiger partial charge in [0.15, 0.2) is 0 Å². The van der Waals surface area contributed by atoms with Crippen LogP contribution in [0.4, 0.5) is 10.5 Å². The van der Waals surface area contributed by atoms with Crippen molar-refractivity contribution in [3.05, 3.63) is 54.1 Å². The van der Waals surface area contributed by atoms with E-state index >= 15 is 0 Å². The van der Waals surface area contributed by atoms with E-state index in [9.17, 15) is 9.90 Å². The molecule has 0 saturated carbocycles. The second-order valence-electron chi connectivity index (χ2n) is 5.24. The van der Waals surface area contributed by atoms with Gasteiger partial charge in [-0.25, -0.2) is 4.79 Å². The Labute approximate surface area is 141 Å². The highest BCUT2D eigenvalue weighted by molar-refractivity contribution is 5.91. The number of ether oxygens (including phenoxy) is 2. The number of amides is 2. The molecule has 2 rings (SSSR count). The third kappa shape index (κ3) is 5.17. The number of carbonyl (C=O) groups excluding carboxylic acids is 1. The van der Waals surface area contributed by atoms with E-state index in [0.717, 1.165) is 5.56 Å². The van der Waals surface area contributed by atoms with Crippen LogP contribution in [0.25, 0.3) is 0 Å². The van der Waals surface area contributed by atoms with Crippen LogP contribution in [0.5, 0.6) is 11.5 Å². The number of hydrogen-bond acceptors (Lipinski definition) is 4. The Balaban J connectivity index is 1.85. The number of aliphatic hydroxyl groups is 1. The van der Waals surface area contributed by atoms with Gasteiger partial charge in [-0.2, -0.15) is 0 Å². The lowest BCUT2D eigenvalue weighted by Gasteiger charge is -2.14. The van der Waals surface area contributed by atoms with Gasteiger partial charge in [-0.1, -0.05) is 30.3 Å². The van der Waals surface area contributed by atoms with Gasteiger partial charge in [0, 0.05) is 19.0 Å². The molecule has 128 valence electrons. The first-order chi connectivity index (χ1) is 11.6. The summed E-state index contributed by atoms with van der Waals surface area (Å²) in [6.45, 7) is 0.152. The van der Waals surface area contributed by atoms with E-state index in [1.165, 1.54) is 7.11 Å². The topological polar surface area (TPSA) is 79.8 Å². The van der Waals surface area contributed by atoms with Crippen molar-refractivity contribution in [2.75, 3.05) is 26.1 Å². The third-order valence-electron chi connectivity index (χ3n) is 3.47. The van der Waals surface area contributed by atoms with Crippen molar-refractivity contribution in [2.45, 2.75) is 12.5 Å². The molecule has 0 aliphatic heterocycles. The van der Waals surface area contributed by atoms with Crippen LogP contribution in [0.3, 0.4) is 0 Å². The van der Waals surface area contributed by atoms with E-state index in [0.29, 0.717) is 23.6 Å². The van der Waals surface area contributed by atoms with Gasteiger partial charge >= 0.3 is 6.03 Å². The molecule has 0 aromatic heterocycles. The van der Waals surface area contributed by atoms with Crippen LogP contribution in [0.2, 0.25) is 0 Å². The van der Waals surface area contributed by atoms with E-state index in [1.807, 2.05) is 30.3 Å². The standard InChI is InChI=1S/C18H22N2O4/c1-23-15-8-9-16(17(11-15)24-2)20-18(22)19-12-14(21)10-13-6-4-3-5-7-13/h3-9,11,14,21H,10,12H2,1-2H3,(H2,19,20,22). The maximum absolute atomic E-state index is 12.0. The summed E-state index contributed by atoms with van der Waals surface area (Å²) in [7, 11) is 3.07. The van der Waals surface area contributed by atoms with Gasteiger partial charge in [0.1, 0.15) is 11.5 Å². The summed E-state index contributed by atoms with van der Waals surface area (Å²) < 4.78 is 10.3. The number of urea groups is 1. The van der Waals surface area contributed by atoms with E-state index < -0.39 is 12.1 Å². The van der Waals surface area contributed by atoms with Gasteiger partial charge < -0.3 is 25.2 Å². The van der Waals surface area contributed by atoms with Crippen molar-refractivity contribution >= 4 is 11.7 Å². The maximum atomic E-state index is 12.0. The number of aliphatic hydroxyl groups excluding tert-OH is 1. The fourth-order valence-electron chi connectivity index (χ4n) is 2.24. The largest absolute Gasteiger partial charge is 0.497 e. The molecule has 6 nitrogen and oxygen atoms in total. The molecule has 2 aromatic carbocycles. The van der Waals surface area contributed by atoms with Gasteiger partial charge in [-0.05, 0) is 17.7 Å². The number of anilines is 1. The molecular formula is C18H22N2O4. The zero-order valence-electron chi connectivity index (χ0n) is 13.8. The molecule has 0 aliphatic carbocycles. The Morgan fingerprint density at radius 3 is 2.54 bits per heavy atom. The minimum atomic E-state index is -0.657. The minimum absolute atomic E-state index is 0.152. The second-order valence-corrected chi connectivity index (χ2v) is 5.24. The predicted molar refractivity (Wildman–Crippen MR) is 92.7 cm³/mol. The molecule has 0 aliphatic rings. The number of methoxy groups -OCH3 is 2. The second kappa shape index (κ2) is 8.79. The summed E-state index contributed by atoms with van der Waals surface area (Å²) in [6.07, 6.45) is -0.177. The molecule has 0 heterocycles. The monoisotopic (exact) mass is 330 g/mol. The lowest BCUT2D eigenvalue weighted by molar-refractivity contribution is 0.172.